The molecule has 0 radical (unpaired) electrons. The highest BCUT2D eigenvalue weighted by atomic mass is 32.1. The van der Waals surface area contributed by atoms with Crippen LogP contribution in [0.1, 0.15) is 40.0 Å². The van der Waals surface area contributed by atoms with Crippen molar-refractivity contribution >= 4 is 39.1 Å². The molecular formula is C31H34N4O3S. The van der Waals surface area contributed by atoms with Gasteiger partial charge in [0.25, 0.3) is 5.91 Å². The summed E-state index contributed by atoms with van der Waals surface area (Å²) < 4.78 is 1.10. The van der Waals surface area contributed by atoms with E-state index in [2.05, 4.69) is 0 Å². The second-order valence-corrected chi connectivity index (χ2v) is 10.8. The van der Waals surface area contributed by atoms with Gasteiger partial charge in [-0.05, 0) is 52.6 Å². The summed E-state index contributed by atoms with van der Waals surface area (Å²) in [4.78, 5) is 43.2. The molecule has 0 saturated heterocycles. The van der Waals surface area contributed by atoms with E-state index in [0.29, 0.717) is 12.0 Å². The summed E-state index contributed by atoms with van der Waals surface area (Å²) in [6.07, 6.45) is 0.569. The second kappa shape index (κ2) is 12.2. The average molecular weight is 543 g/mol. The van der Waals surface area contributed by atoms with Gasteiger partial charge in [-0.2, -0.15) is 0 Å². The van der Waals surface area contributed by atoms with Gasteiger partial charge >= 0.3 is 0 Å². The molecule has 0 aliphatic heterocycles. The number of rotatable bonds is 10. The first-order valence-electron chi connectivity index (χ1n) is 12.8. The summed E-state index contributed by atoms with van der Waals surface area (Å²) in [7, 11) is 3.21. The lowest BCUT2D eigenvalue weighted by Crippen LogP contribution is -2.55. The van der Waals surface area contributed by atoms with Crippen molar-refractivity contribution in [3.05, 3.63) is 106 Å². The number of hydrogen-bond donors (Lipinski definition) is 2. The van der Waals surface area contributed by atoms with E-state index in [1.54, 1.807) is 43.6 Å². The number of carbonyl (C=O) groups is 3. The van der Waals surface area contributed by atoms with E-state index in [1.165, 1.54) is 9.80 Å². The van der Waals surface area contributed by atoms with Crippen LogP contribution in [0.15, 0.2) is 84.2 Å². The maximum atomic E-state index is 14.1. The Morgan fingerprint density at radius 2 is 1.54 bits per heavy atom. The third kappa shape index (κ3) is 6.35. The second-order valence-electron chi connectivity index (χ2n) is 9.86. The smallest absolute Gasteiger partial charge is 0.254 e. The average Bonchev–Trinajstić information content (AvgIpc) is 3.36. The van der Waals surface area contributed by atoms with E-state index < -0.39 is 18.0 Å². The zero-order chi connectivity index (χ0) is 28.1. The van der Waals surface area contributed by atoms with Crippen molar-refractivity contribution in [3.63, 3.8) is 0 Å². The summed E-state index contributed by atoms with van der Waals surface area (Å²) in [6, 6.07) is 22.6. The lowest BCUT2D eigenvalue weighted by Gasteiger charge is -2.34. The molecule has 4 aromatic rings. The first-order valence-corrected chi connectivity index (χ1v) is 13.7. The van der Waals surface area contributed by atoms with Crippen LogP contribution in [0, 0.1) is 0 Å². The third-order valence-corrected chi connectivity index (χ3v) is 8.13. The number of hydrogen-bond acceptors (Lipinski definition) is 5. The molecule has 0 aliphatic rings. The molecule has 1 heterocycles. The molecule has 0 bridgehead atoms. The fourth-order valence-electron chi connectivity index (χ4n) is 4.74. The van der Waals surface area contributed by atoms with Crippen LogP contribution in [0.4, 0.5) is 0 Å². The molecule has 7 nitrogen and oxygen atoms in total. The standard InChI is InChI=1S/C31H34N4O3S/c1-20(32)22-12-9-13-23(17-22)30(37)35(3)27(18-24-19-39-28-15-8-7-14-25(24)28)31(38)34(2)26(29(33)36)16-21-10-5-4-6-11-21/h4-15,17,19-20,26-27H,16,18,32H2,1-3H3,(H2,33,36)/t20?,26-,27-/m1/s1. The van der Waals surface area contributed by atoms with Gasteiger partial charge in [0.05, 0.1) is 0 Å². The van der Waals surface area contributed by atoms with Crippen molar-refractivity contribution in [1.29, 1.82) is 0 Å². The van der Waals surface area contributed by atoms with Crippen molar-refractivity contribution in [2.24, 2.45) is 11.5 Å². The molecule has 8 heteroatoms. The van der Waals surface area contributed by atoms with Gasteiger partial charge in [-0.15, -0.1) is 11.3 Å². The number of benzene rings is 3. The molecule has 3 aromatic carbocycles. The molecule has 0 fully saturated rings. The van der Waals surface area contributed by atoms with Crippen LogP contribution < -0.4 is 11.5 Å². The van der Waals surface area contributed by atoms with Crippen LogP contribution in [0.2, 0.25) is 0 Å². The highest BCUT2D eigenvalue weighted by Crippen LogP contribution is 2.28. The van der Waals surface area contributed by atoms with Crippen LogP contribution in [0.3, 0.4) is 0 Å². The Labute approximate surface area is 233 Å². The van der Waals surface area contributed by atoms with Crippen molar-refractivity contribution < 1.29 is 14.4 Å². The fraction of sp³-hybridized carbons (Fsp3) is 0.258. The largest absolute Gasteiger partial charge is 0.368 e. The fourth-order valence-corrected chi connectivity index (χ4v) is 5.72. The van der Waals surface area contributed by atoms with E-state index in [1.807, 2.05) is 73.0 Å². The molecule has 39 heavy (non-hydrogen) atoms. The summed E-state index contributed by atoms with van der Waals surface area (Å²) in [5, 5.41) is 3.06. The first kappa shape index (κ1) is 28.0. The topological polar surface area (TPSA) is 110 Å². The highest BCUT2D eigenvalue weighted by molar-refractivity contribution is 7.17. The zero-order valence-corrected chi connectivity index (χ0v) is 23.2. The van der Waals surface area contributed by atoms with Gasteiger partial charge in [0, 0.05) is 43.2 Å². The molecule has 1 aromatic heterocycles. The van der Waals surface area contributed by atoms with E-state index in [4.69, 9.17) is 11.5 Å². The van der Waals surface area contributed by atoms with Crippen molar-refractivity contribution in [2.75, 3.05) is 14.1 Å². The van der Waals surface area contributed by atoms with Gasteiger partial charge in [0.15, 0.2) is 0 Å². The highest BCUT2D eigenvalue weighted by Gasteiger charge is 2.35. The quantitative estimate of drug-likeness (QED) is 0.314. The number of nitrogens with two attached hydrogens (primary N) is 2. The van der Waals surface area contributed by atoms with E-state index >= 15 is 0 Å². The van der Waals surface area contributed by atoms with Crippen LogP contribution in [-0.2, 0) is 22.4 Å². The van der Waals surface area contributed by atoms with Gasteiger partial charge in [-0.3, -0.25) is 14.4 Å². The van der Waals surface area contributed by atoms with Crippen LogP contribution >= 0.6 is 11.3 Å². The molecule has 1 unspecified atom stereocenters. The van der Waals surface area contributed by atoms with Crippen molar-refractivity contribution in [1.82, 2.24) is 9.80 Å². The Kier molecular flexibility index (Phi) is 8.79. The number of primary amides is 1. The number of amides is 3. The minimum absolute atomic E-state index is 0.238. The monoisotopic (exact) mass is 542 g/mol. The summed E-state index contributed by atoms with van der Waals surface area (Å²) in [5.41, 5.74) is 15.0. The number of carbonyl (C=O) groups excluding carboxylic acids is 3. The van der Waals surface area contributed by atoms with Gasteiger partial charge in [-0.25, -0.2) is 0 Å². The predicted molar refractivity (Wildman–Crippen MR) is 156 cm³/mol. The van der Waals surface area contributed by atoms with Crippen LogP contribution in [0.25, 0.3) is 10.1 Å². The summed E-state index contributed by atoms with van der Waals surface area (Å²) in [6.45, 7) is 1.85. The Hall–Kier alpha value is -4.01. The van der Waals surface area contributed by atoms with Crippen LogP contribution in [0.5, 0.6) is 0 Å². The number of fused-ring (bicyclic) bond motifs is 1. The molecule has 3 amide bonds. The molecule has 0 saturated carbocycles. The minimum Gasteiger partial charge on any atom is -0.368 e. The van der Waals surface area contributed by atoms with Gasteiger partial charge < -0.3 is 21.3 Å². The molecule has 0 spiro atoms. The van der Waals surface area contributed by atoms with Crippen LogP contribution in [-0.4, -0.2) is 53.7 Å². The van der Waals surface area contributed by atoms with Crippen molar-refractivity contribution in [3.8, 4) is 0 Å². The Bertz CT molecular complexity index is 1470. The summed E-state index contributed by atoms with van der Waals surface area (Å²) in [5.74, 6) is -1.26. The maximum Gasteiger partial charge on any atom is 0.254 e. The lowest BCUT2D eigenvalue weighted by atomic mass is 9.99. The van der Waals surface area contributed by atoms with Gasteiger partial charge in [0.2, 0.25) is 11.8 Å². The Morgan fingerprint density at radius 3 is 2.23 bits per heavy atom. The van der Waals surface area contributed by atoms with Gasteiger partial charge in [-0.1, -0.05) is 60.7 Å². The third-order valence-electron chi connectivity index (χ3n) is 7.12. The number of likely N-dealkylation sites (N-methyl/N-ethyl adjacent to an activating group) is 2. The maximum absolute atomic E-state index is 14.1. The van der Waals surface area contributed by atoms with Crippen molar-refractivity contribution in [2.45, 2.75) is 37.9 Å². The molecule has 0 aliphatic carbocycles. The first-order chi connectivity index (χ1) is 18.7. The van der Waals surface area contributed by atoms with E-state index in [0.717, 1.165) is 26.8 Å². The number of nitrogens with zero attached hydrogens (tertiary/aromatic N) is 2. The van der Waals surface area contributed by atoms with E-state index in [-0.39, 0.29) is 24.3 Å². The zero-order valence-electron chi connectivity index (χ0n) is 22.4. The molecule has 202 valence electrons. The molecule has 4 rings (SSSR count). The lowest BCUT2D eigenvalue weighted by molar-refractivity contribution is -0.141. The molecule has 3 atom stereocenters. The Morgan fingerprint density at radius 1 is 0.846 bits per heavy atom. The molecular weight excluding hydrogens is 508 g/mol. The number of thiophene rings is 1. The molecule has 4 N–H and O–H groups in total. The SMILES string of the molecule is CC(N)c1cccc(C(=O)N(C)[C@H](Cc2csc3ccccc23)C(=O)N(C)[C@H](Cc2ccccc2)C(N)=O)c1. The summed E-state index contributed by atoms with van der Waals surface area (Å²) >= 11 is 1.59. The minimum atomic E-state index is -0.869. The van der Waals surface area contributed by atoms with Gasteiger partial charge in [0.1, 0.15) is 12.1 Å². The van der Waals surface area contributed by atoms with E-state index in [9.17, 15) is 14.4 Å². The predicted octanol–water partition coefficient (Wildman–Crippen LogP) is 4.16. The Balaban J connectivity index is 1.69. The normalized spacial score (nSPS) is 13.4.